The number of hydrogen-bond acceptors (Lipinski definition) is 7. The predicted octanol–water partition coefficient (Wildman–Crippen LogP) is 3.36. The van der Waals surface area contributed by atoms with E-state index < -0.39 is 14.8 Å². The average Bonchev–Trinajstić information content (AvgIpc) is 3.15. The molecule has 8 nitrogen and oxygen atoms in total. The van der Waals surface area contributed by atoms with Gasteiger partial charge in [0, 0.05) is 30.5 Å². The molecule has 1 aliphatic rings. The van der Waals surface area contributed by atoms with Crippen molar-refractivity contribution in [3.63, 3.8) is 0 Å². The smallest absolute Gasteiger partial charge is 0.293 e. The largest absolute Gasteiger partial charge is 0.497 e. The average molecular weight is 406 g/mol. The molecule has 9 heteroatoms. The minimum atomic E-state index is -3.54. The predicted molar refractivity (Wildman–Crippen MR) is 105 cm³/mol. The first-order valence-corrected chi connectivity index (χ1v) is 10.6. The van der Waals surface area contributed by atoms with Crippen molar-refractivity contribution in [1.29, 1.82) is 0 Å². The maximum Gasteiger partial charge on any atom is 0.293 e. The van der Waals surface area contributed by atoms with E-state index >= 15 is 0 Å². The van der Waals surface area contributed by atoms with Crippen molar-refractivity contribution < 1.29 is 22.8 Å². The van der Waals surface area contributed by atoms with E-state index in [1.54, 1.807) is 20.3 Å². The van der Waals surface area contributed by atoms with E-state index in [1.807, 2.05) is 17.0 Å². The van der Waals surface area contributed by atoms with Gasteiger partial charge in [0.2, 0.25) is 0 Å². The number of methoxy groups -OCH3 is 2. The molecule has 1 saturated heterocycles. The van der Waals surface area contributed by atoms with Crippen LogP contribution in [-0.4, -0.2) is 40.4 Å². The van der Waals surface area contributed by atoms with Gasteiger partial charge in [0.25, 0.3) is 5.69 Å². The van der Waals surface area contributed by atoms with Crippen LogP contribution in [0.4, 0.5) is 11.4 Å². The van der Waals surface area contributed by atoms with Gasteiger partial charge in [-0.25, -0.2) is 8.42 Å². The quantitative estimate of drug-likeness (QED) is 0.536. The number of benzene rings is 2. The van der Waals surface area contributed by atoms with Crippen LogP contribution in [0.5, 0.6) is 11.5 Å². The lowest BCUT2D eigenvalue weighted by Crippen LogP contribution is -2.24. The fourth-order valence-electron chi connectivity index (χ4n) is 3.60. The summed E-state index contributed by atoms with van der Waals surface area (Å²) in [5.74, 6) is 1.31. The summed E-state index contributed by atoms with van der Waals surface area (Å²) in [7, 11) is -0.397. The third-order valence-electron chi connectivity index (χ3n) is 4.93. The van der Waals surface area contributed by atoms with Crippen LogP contribution < -0.4 is 14.4 Å². The van der Waals surface area contributed by atoms with Gasteiger partial charge in [-0.05, 0) is 37.1 Å². The van der Waals surface area contributed by atoms with Crippen molar-refractivity contribution in [2.24, 2.45) is 0 Å². The highest BCUT2D eigenvalue weighted by atomic mass is 32.2. The van der Waals surface area contributed by atoms with E-state index in [9.17, 15) is 18.5 Å². The van der Waals surface area contributed by atoms with Crippen LogP contribution in [0.2, 0.25) is 0 Å². The molecule has 0 radical (unpaired) electrons. The number of nitro groups is 1. The topological polar surface area (TPSA) is 99.0 Å². The molecule has 0 aromatic heterocycles. The van der Waals surface area contributed by atoms with E-state index in [1.165, 1.54) is 12.1 Å². The van der Waals surface area contributed by atoms with E-state index in [4.69, 9.17) is 9.47 Å². The number of rotatable bonds is 6. The Morgan fingerprint density at radius 1 is 1.14 bits per heavy atom. The molecule has 0 unspecified atom stereocenters. The van der Waals surface area contributed by atoms with Gasteiger partial charge in [-0.15, -0.1) is 0 Å². The molecule has 0 bridgehead atoms. The van der Waals surface area contributed by atoms with Gasteiger partial charge in [0.05, 0.1) is 30.1 Å². The first kappa shape index (κ1) is 19.9. The number of nitrogens with zero attached hydrogens (tertiary/aromatic N) is 2. The zero-order valence-corrected chi connectivity index (χ0v) is 16.7. The molecular weight excluding hydrogens is 384 g/mol. The Balaban J connectivity index is 2.08. The molecule has 1 aliphatic heterocycles. The van der Waals surface area contributed by atoms with Crippen LogP contribution in [0.15, 0.2) is 41.3 Å². The van der Waals surface area contributed by atoms with Crippen LogP contribution in [-0.2, 0) is 9.84 Å². The molecule has 1 fully saturated rings. The first-order valence-electron chi connectivity index (χ1n) is 8.73. The number of ether oxygens (including phenoxy) is 2. The Kier molecular flexibility index (Phi) is 5.46. The third-order valence-corrected chi connectivity index (χ3v) is 6.04. The molecule has 150 valence electrons. The van der Waals surface area contributed by atoms with Crippen LogP contribution in [0.1, 0.15) is 24.4 Å². The molecule has 2 aromatic rings. The second kappa shape index (κ2) is 7.67. The normalized spacial score (nSPS) is 16.8. The summed E-state index contributed by atoms with van der Waals surface area (Å²) in [5, 5.41) is 11.7. The molecule has 1 heterocycles. The Hall–Kier alpha value is -2.81. The SMILES string of the molecule is COc1ccc([C@@H]2CCCN2c2ccc(S(C)(=O)=O)cc2[N+](=O)[O-])c(OC)c1. The minimum Gasteiger partial charge on any atom is -0.497 e. The summed E-state index contributed by atoms with van der Waals surface area (Å²) in [6.45, 7) is 0.624. The van der Waals surface area contributed by atoms with Crippen LogP contribution >= 0.6 is 0 Å². The van der Waals surface area contributed by atoms with Gasteiger partial charge < -0.3 is 14.4 Å². The summed E-state index contributed by atoms with van der Waals surface area (Å²) in [6.07, 6.45) is 2.69. The molecule has 2 aromatic carbocycles. The van der Waals surface area contributed by atoms with Crippen molar-refractivity contribution >= 4 is 21.2 Å². The fraction of sp³-hybridized carbons (Fsp3) is 0.368. The zero-order valence-electron chi connectivity index (χ0n) is 15.9. The van der Waals surface area contributed by atoms with Crippen LogP contribution in [0, 0.1) is 10.1 Å². The molecule has 3 rings (SSSR count). The van der Waals surface area contributed by atoms with Crippen LogP contribution in [0.3, 0.4) is 0 Å². The Bertz CT molecular complexity index is 1010. The van der Waals surface area contributed by atoms with Gasteiger partial charge in [0.1, 0.15) is 17.2 Å². The summed E-state index contributed by atoms with van der Waals surface area (Å²) < 4.78 is 34.4. The molecule has 0 aliphatic carbocycles. The number of sulfone groups is 1. The summed E-state index contributed by atoms with van der Waals surface area (Å²) in [4.78, 5) is 13.0. The lowest BCUT2D eigenvalue weighted by Gasteiger charge is -2.28. The van der Waals surface area contributed by atoms with Gasteiger partial charge in [0.15, 0.2) is 9.84 Å². The van der Waals surface area contributed by atoms with Gasteiger partial charge in [-0.3, -0.25) is 10.1 Å². The monoisotopic (exact) mass is 406 g/mol. The van der Waals surface area contributed by atoms with E-state index in [0.29, 0.717) is 23.7 Å². The molecule has 0 spiro atoms. The van der Waals surface area contributed by atoms with E-state index in [-0.39, 0.29) is 16.6 Å². The molecule has 28 heavy (non-hydrogen) atoms. The molecule has 0 amide bonds. The second-order valence-electron chi connectivity index (χ2n) is 6.64. The molecule has 0 saturated carbocycles. The highest BCUT2D eigenvalue weighted by molar-refractivity contribution is 7.90. The maximum atomic E-state index is 11.8. The standard InChI is InChI=1S/C19H22N2O6S/c1-26-13-6-8-15(19(11-13)27-2)16-5-4-10-20(16)17-9-7-14(28(3,24)25)12-18(17)21(22)23/h6-9,11-12,16H,4-5,10H2,1-3H3/t16-/m0/s1. The summed E-state index contributed by atoms with van der Waals surface area (Å²) >= 11 is 0. The minimum absolute atomic E-state index is 0.0688. The van der Waals surface area contributed by atoms with Gasteiger partial charge >= 0.3 is 0 Å². The van der Waals surface area contributed by atoms with Crippen molar-refractivity contribution in [2.45, 2.75) is 23.8 Å². The fourth-order valence-corrected chi connectivity index (χ4v) is 4.24. The molecule has 0 N–H and O–H groups in total. The number of hydrogen-bond donors (Lipinski definition) is 0. The lowest BCUT2D eigenvalue weighted by atomic mass is 10.0. The van der Waals surface area contributed by atoms with Crippen molar-refractivity contribution in [2.75, 3.05) is 31.9 Å². The lowest BCUT2D eigenvalue weighted by molar-refractivity contribution is -0.384. The van der Waals surface area contributed by atoms with Gasteiger partial charge in [-0.1, -0.05) is 0 Å². The van der Waals surface area contributed by atoms with Crippen molar-refractivity contribution in [1.82, 2.24) is 0 Å². The number of anilines is 1. The Morgan fingerprint density at radius 3 is 2.50 bits per heavy atom. The van der Waals surface area contributed by atoms with E-state index in [2.05, 4.69) is 0 Å². The van der Waals surface area contributed by atoms with Crippen LogP contribution in [0.25, 0.3) is 0 Å². The van der Waals surface area contributed by atoms with Gasteiger partial charge in [-0.2, -0.15) is 0 Å². The third kappa shape index (κ3) is 3.75. The van der Waals surface area contributed by atoms with Crippen molar-refractivity contribution in [3.8, 4) is 11.5 Å². The summed E-state index contributed by atoms with van der Waals surface area (Å²) in [5.41, 5.74) is 1.09. The number of nitro benzene ring substituents is 1. The van der Waals surface area contributed by atoms with Crippen molar-refractivity contribution in [3.05, 3.63) is 52.1 Å². The zero-order chi connectivity index (χ0) is 20.5. The first-order chi connectivity index (χ1) is 13.3. The highest BCUT2D eigenvalue weighted by Crippen LogP contribution is 2.44. The Labute approximate surface area is 163 Å². The molecular formula is C19H22N2O6S. The Morgan fingerprint density at radius 2 is 1.89 bits per heavy atom. The highest BCUT2D eigenvalue weighted by Gasteiger charge is 2.33. The van der Waals surface area contributed by atoms with E-state index in [0.717, 1.165) is 30.7 Å². The summed E-state index contributed by atoms with van der Waals surface area (Å²) in [6, 6.07) is 9.45. The maximum absolute atomic E-state index is 11.8. The second-order valence-corrected chi connectivity index (χ2v) is 8.65. The molecule has 1 atom stereocenters.